The second kappa shape index (κ2) is 9.42. The van der Waals surface area contributed by atoms with Gasteiger partial charge >= 0.3 is 0 Å². The minimum Gasteiger partial charge on any atom is -0.508 e. The lowest BCUT2D eigenvalue weighted by Gasteiger charge is -2.25. The molecule has 0 saturated heterocycles. The minimum absolute atomic E-state index is 0.174. The van der Waals surface area contributed by atoms with Crippen molar-refractivity contribution in [3.63, 3.8) is 0 Å². The van der Waals surface area contributed by atoms with E-state index in [-0.39, 0.29) is 5.75 Å². The molecule has 25 heavy (non-hydrogen) atoms. The van der Waals surface area contributed by atoms with Crippen LogP contribution in [0.4, 0.5) is 0 Å². The van der Waals surface area contributed by atoms with Gasteiger partial charge in [0.05, 0.1) is 12.2 Å². The molecule has 0 unspecified atom stereocenters. The van der Waals surface area contributed by atoms with Gasteiger partial charge < -0.3 is 20.1 Å². The van der Waals surface area contributed by atoms with Crippen molar-refractivity contribution in [2.45, 2.75) is 39.2 Å². The van der Waals surface area contributed by atoms with E-state index in [0.717, 1.165) is 5.56 Å². The summed E-state index contributed by atoms with van der Waals surface area (Å²) in [6, 6.07) is 15.0. The van der Waals surface area contributed by atoms with Gasteiger partial charge in [-0.15, -0.1) is 0 Å². The first kappa shape index (κ1) is 19.2. The zero-order chi connectivity index (χ0) is 18.2. The van der Waals surface area contributed by atoms with Crippen molar-refractivity contribution in [1.82, 2.24) is 4.90 Å². The maximum Gasteiger partial charge on any atom is 0.120 e. The number of nitrogens with zero attached hydrogens (tertiary/aromatic N) is 1. The molecule has 0 spiro atoms. The summed E-state index contributed by atoms with van der Waals surface area (Å²) in [4.78, 5) is 1.91. The summed E-state index contributed by atoms with van der Waals surface area (Å²) in [6.45, 7) is 5.11. The number of ether oxygens (including phenoxy) is 1. The Kier molecular flexibility index (Phi) is 7.25. The second-order valence-corrected chi connectivity index (χ2v) is 6.46. The minimum atomic E-state index is -0.515. The lowest BCUT2D eigenvalue weighted by Crippen LogP contribution is -2.35. The van der Waals surface area contributed by atoms with E-state index in [0.29, 0.717) is 37.6 Å². The number of aliphatic hydroxyl groups is 2. The van der Waals surface area contributed by atoms with Crippen molar-refractivity contribution >= 4 is 0 Å². The third kappa shape index (κ3) is 6.74. The number of phenolic OH excluding ortho intramolecular Hbond substituents is 1. The zero-order valence-corrected chi connectivity index (χ0v) is 14.8. The summed E-state index contributed by atoms with van der Waals surface area (Å²) in [7, 11) is 0. The van der Waals surface area contributed by atoms with Gasteiger partial charge in [-0.2, -0.15) is 0 Å². The molecule has 2 aromatic carbocycles. The van der Waals surface area contributed by atoms with Crippen molar-refractivity contribution < 1.29 is 20.1 Å². The fourth-order valence-electron chi connectivity index (χ4n) is 2.71. The molecule has 5 nitrogen and oxygen atoms in total. The van der Waals surface area contributed by atoms with Crippen LogP contribution in [0.2, 0.25) is 0 Å². The molecule has 0 heterocycles. The molecule has 136 valence electrons. The summed E-state index contributed by atoms with van der Waals surface area (Å²) in [5, 5.41) is 29.4. The lowest BCUT2D eigenvalue weighted by molar-refractivity contribution is 0.0789. The number of aromatic hydroxyl groups is 1. The fourth-order valence-corrected chi connectivity index (χ4v) is 2.71. The summed E-state index contributed by atoms with van der Waals surface area (Å²) in [5.74, 6) is 0.846. The highest BCUT2D eigenvalue weighted by Gasteiger charge is 2.14. The monoisotopic (exact) mass is 345 g/mol. The average Bonchev–Trinajstić information content (AvgIpc) is 2.55. The molecule has 0 saturated carbocycles. The largest absolute Gasteiger partial charge is 0.508 e. The third-order valence-electron chi connectivity index (χ3n) is 3.74. The van der Waals surface area contributed by atoms with Crippen LogP contribution in [0.25, 0.3) is 0 Å². The third-order valence-corrected chi connectivity index (χ3v) is 3.74. The Morgan fingerprint density at radius 1 is 0.960 bits per heavy atom. The molecule has 0 amide bonds. The molecule has 0 aliphatic carbocycles. The highest BCUT2D eigenvalue weighted by molar-refractivity contribution is 5.39. The van der Waals surface area contributed by atoms with Crippen LogP contribution in [0.3, 0.4) is 0 Å². The molecule has 0 aromatic heterocycles. The van der Waals surface area contributed by atoms with Gasteiger partial charge in [0.2, 0.25) is 0 Å². The van der Waals surface area contributed by atoms with Crippen LogP contribution < -0.4 is 4.74 Å². The molecule has 0 fully saturated rings. The molecule has 2 atom stereocenters. The standard InChI is InChI=1S/C20H27NO4/c1-15(22)11-21(12-16(2)23)13-18-10-19(8-9-20(18)24)25-14-17-6-4-3-5-7-17/h3-10,15-16,22-24H,11-14H2,1-2H3/t15-,16-/m0/s1. The van der Waals surface area contributed by atoms with Crippen molar-refractivity contribution in [2.24, 2.45) is 0 Å². The molecule has 0 bridgehead atoms. The van der Waals surface area contributed by atoms with Crippen LogP contribution in [-0.2, 0) is 13.2 Å². The SMILES string of the molecule is C[C@H](O)CN(Cc1cc(OCc2ccccc2)ccc1O)C[C@H](C)O. The predicted molar refractivity (Wildman–Crippen MR) is 97.5 cm³/mol. The molecule has 0 radical (unpaired) electrons. The summed E-state index contributed by atoms with van der Waals surface area (Å²) in [6.07, 6.45) is -1.03. The Morgan fingerprint density at radius 2 is 1.60 bits per heavy atom. The number of phenols is 1. The lowest BCUT2D eigenvalue weighted by atomic mass is 10.1. The van der Waals surface area contributed by atoms with Gasteiger partial charge in [-0.1, -0.05) is 30.3 Å². The Balaban J connectivity index is 2.06. The van der Waals surface area contributed by atoms with E-state index < -0.39 is 12.2 Å². The summed E-state index contributed by atoms with van der Waals surface area (Å²) < 4.78 is 5.80. The number of benzene rings is 2. The number of hydrogen-bond acceptors (Lipinski definition) is 5. The van der Waals surface area contributed by atoms with Crippen LogP contribution in [-0.4, -0.2) is 45.5 Å². The van der Waals surface area contributed by atoms with E-state index in [1.165, 1.54) is 0 Å². The van der Waals surface area contributed by atoms with Crippen LogP contribution >= 0.6 is 0 Å². The number of hydrogen-bond donors (Lipinski definition) is 3. The van der Waals surface area contributed by atoms with Gasteiger partial charge in [0.25, 0.3) is 0 Å². The first-order valence-corrected chi connectivity index (χ1v) is 8.51. The Labute approximate surface area is 149 Å². The fraction of sp³-hybridized carbons (Fsp3) is 0.400. The molecule has 2 aromatic rings. The van der Waals surface area contributed by atoms with E-state index in [1.54, 1.807) is 32.0 Å². The molecular formula is C20H27NO4. The van der Waals surface area contributed by atoms with Gasteiger partial charge in [-0.3, -0.25) is 4.90 Å². The number of rotatable bonds is 9. The number of aliphatic hydroxyl groups excluding tert-OH is 2. The van der Waals surface area contributed by atoms with E-state index >= 15 is 0 Å². The van der Waals surface area contributed by atoms with Crippen molar-refractivity contribution in [2.75, 3.05) is 13.1 Å². The smallest absolute Gasteiger partial charge is 0.120 e. The highest BCUT2D eigenvalue weighted by Crippen LogP contribution is 2.25. The Hall–Kier alpha value is -2.08. The van der Waals surface area contributed by atoms with Crippen LogP contribution in [0.1, 0.15) is 25.0 Å². The quantitative estimate of drug-likeness (QED) is 0.651. The molecular weight excluding hydrogens is 318 g/mol. The van der Waals surface area contributed by atoms with E-state index in [1.807, 2.05) is 35.2 Å². The molecule has 5 heteroatoms. The Bertz CT molecular complexity index is 633. The molecule has 2 rings (SSSR count). The van der Waals surface area contributed by atoms with Gasteiger partial charge in [0, 0.05) is 25.2 Å². The zero-order valence-electron chi connectivity index (χ0n) is 14.8. The van der Waals surface area contributed by atoms with Gasteiger partial charge in [0.15, 0.2) is 0 Å². The second-order valence-electron chi connectivity index (χ2n) is 6.46. The predicted octanol–water partition coefficient (Wildman–Crippen LogP) is 2.53. The van der Waals surface area contributed by atoms with Crippen molar-refractivity contribution in [3.8, 4) is 11.5 Å². The Morgan fingerprint density at radius 3 is 2.20 bits per heavy atom. The first-order valence-electron chi connectivity index (χ1n) is 8.51. The van der Waals surface area contributed by atoms with Crippen LogP contribution in [0.15, 0.2) is 48.5 Å². The summed E-state index contributed by atoms with van der Waals surface area (Å²) in [5.41, 5.74) is 1.77. The van der Waals surface area contributed by atoms with E-state index in [9.17, 15) is 15.3 Å². The maximum absolute atomic E-state index is 10.1. The summed E-state index contributed by atoms with van der Waals surface area (Å²) >= 11 is 0. The topological polar surface area (TPSA) is 73.2 Å². The molecule has 3 N–H and O–H groups in total. The molecule has 0 aliphatic heterocycles. The van der Waals surface area contributed by atoms with Gasteiger partial charge in [-0.25, -0.2) is 0 Å². The highest BCUT2D eigenvalue weighted by atomic mass is 16.5. The molecule has 0 aliphatic rings. The first-order chi connectivity index (χ1) is 11.9. The average molecular weight is 345 g/mol. The van der Waals surface area contributed by atoms with E-state index in [2.05, 4.69) is 0 Å². The van der Waals surface area contributed by atoms with Gasteiger partial charge in [0.1, 0.15) is 18.1 Å². The van der Waals surface area contributed by atoms with Crippen LogP contribution in [0.5, 0.6) is 11.5 Å². The van der Waals surface area contributed by atoms with Crippen molar-refractivity contribution in [3.05, 3.63) is 59.7 Å². The van der Waals surface area contributed by atoms with Crippen LogP contribution in [0, 0.1) is 0 Å². The van der Waals surface area contributed by atoms with Gasteiger partial charge in [-0.05, 0) is 37.6 Å². The maximum atomic E-state index is 10.1. The normalized spacial score (nSPS) is 13.6. The van der Waals surface area contributed by atoms with E-state index in [4.69, 9.17) is 4.74 Å². The van der Waals surface area contributed by atoms with Crippen molar-refractivity contribution in [1.29, 1.82) is 0 Å².